The minimum absolute atomic E-state index is 0.494. The fourth-order valence-electron chi connectivity index (χ4n) is 2.89. The van der Waals surface area contributed by atoms with Gasteiger partial charge in [0.1, 0.15) is 0 Å². The summed E-state index contributed by atoms with van der Waals surface area (Å²) in [6.45, 7) is 4.38. The topological polar surface area (TPSA) is 30.7 Å². The summed E-state index contributed by atoms with van der Waals surface area (Å²) in [5.74, 6) is 0.913. The molecule has 2 aromatic rings. The van der Waals surface area contributed by atoms with E-state index in [-0.39, 0.29) is 0 Å². The van der Waals surface area contributed by atoms with Crippen molar-refractivity contribution in [2.24, 2.45) is 0 Å². The molecule has 1 aromatic carbocycles. The van der Waals surface area contributed by atoms with Gasteiger partial charge in [-0.15, -0.1) is 10.2 Å². The number of hydrogen-bond donors (Lipinski definition) is 0. The van der Waals surface area contributed by atoms with Gasteiger partial charge in [-0.3, -0.25) is 4.57 Å². The molecule has 21 heavy (non-hydrogen) atoms. The average Bonchev–Trinajstić information content (AvgIpc) is 3.07. The van der Waals surface area contributed by atoms with E-state index in [1.54, 1.807) is 11.8 Å². The van der Waals surface area contributed by atoms with Crippen LogP contribution in [0.2, 0.25) is 5.02 Å². The minimum Gasteiger partial charge on any atom is -0.299 e. The summed E-state index contributed by atoms with van der Waals surface area (Å²) in [6, 6.07) is 8.41. The molecule has 0 saturated heterocycles. The molecule has 1 fully saturated rings. The fraction of sp³-hybridized carbons (Fsp3) is 0.500. The second kappa shape index (κ2) is 6.41. The first kappa shape index (κ1) is 14.9. The lowest BCUT2D eigenvalue weighted by atomic mass is 10.2. The zero-order valence-electron chi connectivity index (χ0n) is 12.4. The molecule has 112 valence electrons. The van der Waals surface area contributed by atoms with E-state index in [9.17, 15) is 0 Å². The van der Waals surface area contributed by atoms with Crippen LogP contribution in [-0.2, 0) is 0 Å². The largest absolute Gasteiger partial charge is 0.299 e. The molecule has 0 N–H and O–H groups in total. The van der Waals surface area contributed by atoms with E-state index in [0.717, 1.165) is 21.6 Å². The van der Waals surface area contributed by atoms with Gasteiger partial charge < -0.3 is 0 Å². The number of aromatic nitrogens is 3. The molecule has 3 nitrogen and oxygen atoms in total. The SMILES string of the molecule is CC(C)Sc1nnc(-c2ccccc2Cl)n1C1CCCC1. The Morgan fingerprint density at radius 2 is 1.90 bits per heavy atom. The van der Waals surface area contributed by atoms with E-state index >= 15 is 0 Å². The van der Waals surface area contributed by atoms with E-state index in [2.05, 4.69) is 28.6 Å². The molecule has 1 aliphatic carbocycles. The highest BCUT2D eigenvalue weighted by Crippen LogP contribution is 2.38. The molecule has 3 rings (SSSR count). The summed E-state index contributed by atoms with van der Waals surface area (Å²) >= 11 is 8.14. The normalized spacial score (nSPS) is 16.0. The van der Waals surface area contributed by atoms with E-state index < -0.39 is 0 Å². The predicted octanol–water partition coefficient (Wildman–Crippen LogP) is 5.21. The lowest BCUT2D eigenvalue weighted by molar-refractivity contribution is 0.485. The van der Waals surface area contributed by atoms with Gasteiger partial charge in [-0.25, -0.2) is 0 Å². The Kier molecular flexibility index (Phi) is 4.55. The molecular formula is C16H20ClN3S. The van der Waals surface area contributed by atoms with Crippen LogP contribution in [0.4, 0.5) is 0 Å². The molecule has 0 amide bonds. The third-order valence-corrected chi connectivity index (χ3v) is 5.10. The Hall–Kier alpha value is -1.00. The van der Waals surface area contributed by atoms with Crippen molar-refractivity contribution in [3.8, 4) is 11.4 Å². The minimum atomic E-state index is 0.494. The number of nitrogens with zero attached hydrogens (tertiary/aromatic N) is 3. The van der Waals surface area contributed by atoms with E-state index in [1.807, 2.05) is 24.3 Å². The van der Waals surface area contributed by atoms with Crippen molar-refractivity contribution < 1.29 is 0 Å². The number of halogens is 1. The van der Waals surface area contributed by atoms with Crippen molar-refractivity contribution in [1.29, 1.82) is 0 Å². The Balaban J connectivity index is 2.07. The van der Waals surface area contributed by atoms with Gasteiger partial charge in [0.25, 0.3) is 0 Å². The third kappa shape index (κ3) is 3.11. The molecule has 1 saturated carbocycles. The van der Waals surface area contributed by atoms with Gasteiger partial charge in [0, 0.05) is 16.9 Å². The number of rotatable bonds is 4. The molecule has 1 aliphatic rings. The van der Waals surface area contributed by atoms with Crippen LogP contribution < -0.4 is 0 Å². The highest BCUT2D eigenvalue weighted by molar-refractivity contribution is 7.99. The van der Waals surface area contributed by atoms with Crippen molar-refractivity contribution in [3.63, 3.8) is 0 Å². The Morgan fingerprint density at radius 3 is 2.57 bits per heavy atom. The van der Waals surface area contributed by atoms with Crippen LogP contribution in [0, 0.1) is 0 Å². The predicted molar refractivity (Wildman–Crippen MR) is 89.0 cm³/mol. The van der Waals surface area contributed by atoms with Gasteiger partial charge in [-0.1, -0.05) is 62.2 Å². The van der Waals surface area contributed by atoms with Crippen molar-refractivity contribution in [2.75, 3.05) is 0 Å². The summed E-state index contributed by atoms with van der Waals surface area (Å²) in [4.78, 5) is 0. The van der Waals surface area contributed by atoms with Crippen molar-refractivity contribution in [3.05, 3.63) is 29.3 Å². The second-order valence-corrected chi connectivity index (χ2v) is 7.71. The van der Waals surface area contributed by atoms with Crippen molar-refractivity contribution >= 4 is 23.4 Å². The van der Waals surface area contributed by atoms with Crippen LogP contribution in [0.25, 0.3) is 11.4 Å². The van der Waals surface area contributed by atoms with Crippen LogP contribution in [0.5, 0.6) is 0 Å². The average molecular weight is 322 g/mol. The summed E-state index contributed by atoms with van der Waals surface area (Å²) in [7, 11) is 0. The summed E-state index contributed by atoms with van der Waals surface area (Å²) in [5, 5.41) is 11.1. The Morgan fingerprint density at radius 1 is 1.19 bits per heavy atom. The molecular weight excluding hydrogens is 302 g/mol. The fourth-order valence-corrected chi connectivity index (χ4v) is 3.96. The maximum absolute atomic E-state index is 6.36. The molecule has 0 spiro atoms. The van der Waals surface area contributed by atoms with Gasteiger partial charge in [-0.2, -0.15) is 0 Å². The van der Waals surface area contributed by atoms with Crippen LogP contribution >= 0.6 is 23.4 Å². The number of hydrogen-bond acceptors (Lipinski definition) is 3. The van der Waals surface area contributed by atoms with Gasteiger partial charge in [-0.05, 0) is 25.0 Å². The lowest BCUT2D eigenvalue weighted by Crippen LogP contribution is -2.09. The van der Waals surface area contributed by atoms with Crippen LogP contribution in [0.3, 0.4) is 0 Å². The van der Waals surface area contributed by atoms with Crippen molar-refractivity contribution in [1.82, 2.24) is 14.8 Å². The number of benzene rings is 1. The first-order chi connectivity index (χ1) is 10.2. The molecule has 0 radical (unpaired) electrons. The maximum atomic E-state index is 6.36. The third-order valence-electron chi connectivity index (χ3n) is 3.81. The smallest absolute Gasteiger partial charge is 0.192 e. The van der Waals surface area contributed by atoms with Crippen LogP contribution in [-0.4, -0.2) is 20.0 Å². The molecule has 1 heterocycles. The number of thioether (sulfide) groups is 1. The summed E-state index contributed by atoms with van der Waals surface area (Å²) in [5.41, 5.74) is 0.981. The van der Waals surface area contributed by atoms with Gasteiger partial charge >= 0.3 is 0 Å². The zero-order valence-corrected chi connectivity index (χ0v) is 14.0. The highest BCUT2D eigenvalue weighted by Gasteiger charge is 2.25. The summed E-state index contributed by atoms with van der Waals surface area (Å²) < 4.78 is 2.32. The summed E-state index contributed by atoms with van der Waals surface area (Å²) in [6.07, 6.45) is 5.00. The van der Waals surface area contributed by atoms with Crippen molar-refractivity contribution in [2.45, 2.75) is 56.0 Å². The van der Waals surface area contributed by atoms with Gasteiger partial charge in [0.15, 0.2) is 11.0 Å². The molecule has 1 aromatic heterocycles. The zero-order chi connectivity index (χ0) is 14.8. The van der Waals surface area contributed by atoms with Gasteiger partial charge in [0.05, 0.1) is 5.02 Å². The van der Waals surface area contributed by atoms with Crippen LogP contribution in [0.1, 0.15) is 45.6 Å². The van der Waals surface area contributed by atoms with Crippen LogP contribution in [0.15, 0.2) is 29.4 Å². The first-order valence-corrected chi connectivity index (χ1v) is 8.79. The quantitative estimate of drug-likeness (QED) is 0.724. The van der Waals surface area contributed by atoms with E-state index in [0.29, 0.717) is 11.3 Å². The Labute approximate surface area is 135 Å². The first-order valence-electron chi connectivity index (χ1n) is 7.53. The van der Waals surface area contributed by atoms with Gasteiger partial charge in [0.2, 0.25) is 0 Å². The van der Waals surface area contributed by atoms with E-state index in [1.165, 1.54) is 25.7 Å². The lowest BCUT2D eigenvalue weighted by Gasteiger charge is -2.18. The Bertz CT molecular complexity index is 618. The molecule has 0 atom stereocenters. The molecule has 0 bridgehead atoms. The monoisotopic (exact) mass is 321 g/mol. The van der Waals surface area contributed by atoms with E-state index in [4.69, 9.17) is 11.6 Å². The maximum Gasteiger partial charge on any atom is 0.192 e. The molecule has 0 unspecified atom stereocenters. The standard InChI is InChI=1S/C16H20ClN3S/c1-11(2)21-16-19-18-15(13-9-5-6-10-14(13)17)20(16)12-7-3-4-8-12/h5-6,9-12H,3-4,7-8H2,1-2H3. The molecule has 0 aliphatic heterocycles. The highest BCUT2D eigenvalue weighted by atomic mass is 35.5. The second-order valence-electron chi connectivity index (χ2n) is 5.76. The molecule has 5 heteroatoms.